The fourth-order valence-corrected chi connectivity index (χ4v) is 2.78. The number of nitrogens with one attached hydrogen (secondary N) is 2. The van der Waals surface area contributed by atoms with Gasteiger partial charge in [-0.05, 0) is 31.5 Å². The summed E-state index contributed by atoms with van der Waals surface area (Å²) in [6, 6.07) is 8.27. The summed E-state index contributed by atoms with van der Waals surface area (Å²) in [5, 5.41) is 5.84. The number of rotatable bonds is 5. The van der Waals surface area contributed by atoms with E-state index in [1.165, 1.54) is 5.56 Å². The van der Waals surface area contributed by atoms with Gasteiger partial charge in [-0.3, -0.25) is 4.79 Å². The third-order valence-electron chi connectivity index (χ3n) is 3.26. The number of carbonyl (C=O) groups excluding carboxylic acids is 1. The fraction of sp³-hybridized carbons (Fsp3) is 0.462. The number of benzene rings is 1. The van der Waals surface area contributed by atoms with Crippen LogP contribution in [0.1, 0.15) is 18.4 Å². The second kappa shape index (κ2) is 5.19. The van der Waals surface area contributed by atoms with Gasteiger partial charge >= 0.3 is 0 Å². The topological polar surface area (TPSA) is 41.1 Å². The van der Waals surface area contributed by atoms with Crippen molar-refractivity contribution in [1.82, 2.24) is 10.6 Å². The molecule has 3 nitrogen and oxygen atoms in total. The van der Waals surface area contributed by atoms with Crippen LogP contribution in [0.15, 0.2) is 28.7 Å². The molecule has 4 heteroatoms. The Hall–Kier alpha value is -0.870. The van der Waals surface area contributed by atoms with E-state index in [0.29, 0.717) is 6.54 Å². The Bertz CT molecular complexity index is 416. The largest absolute Gasteiger partial charge is 0.354 e. The maximum absolute atomic E-state index is 11.4. The molecule has 0 radical (unpaired) electrons. The Morgan fingerprint density at radius 1 is 1.41 bits per heavy atom. The molecule has 1 aromatic carbocycles. The van der Waals surface area contributed by atoms with Crippen LogP contribution in [-0.2, 0) is 10.2 Å². The molecule has 0 aliphatic heterocycles. The molecular formula is C13H17BrN2O. The van der Waals surface area contributed by atoms with Gasteiger partial charge in [0.05, 0.1) is 6.54 Å². The Balaban J connectivity index is 2.01. The predicted molar refractivity (Wildman–Crippen MR) is 72.0 cm³/mol. The highest BCUT2D eigenvalue weighted by Gasteiger charge is 2.45. The first-order valence-corrected chi connectivity index (χ1v) is 6.63. The zero-order valence-electron chi connectivity index (χ0n) is 9.92. The standard InChI is InChI=1S/C13H17BrN2O/c1-15-8-12(17)16-9-13(6-7-13)10-4-2-3-5-11(10)14/h2-5,15H,6-9H2,1H3,(H,16,17). The molecule has 0 heterocycles. The summed E-state index contributed by atoms with van der Waals surface area (Å²) in [5.74, 6) is 0.0610. The Labute approximate surface area is 110 Å². The van der Waals surface area contributed by atoms with Gasteiger partial charge < -0.3 is 10.6 Å². The van der Waals surface area contributed by atoms with Crippen molar-refractivity contribution in [3.8, 4) is 0 Å². The molecule has 1 aliphatic rings. The molecule has 1 saturated carbocycles. The summed E-state index contributed by atoms with van der Waals surface area (Å²) in [6.07, 6.45) is 2.30. The summed E-state index contributed by atoms with van der Waals surface area (Å²) in [4.78, 5) is 11.4. The van der Waals surface area contributed by atoms with Crippen LogP contribution in [0.3, 0.4) is 0 Å². The van der Waals surface area contributed by atoms with E-state index in [4.69, 9.17) is 0 Å². The van der Waals surface area contributed by atoms with E-state index in [1.54, 1.807) is 7.05 Å². The van der Waals surface area contributed by atoms with Crippen LogP contribution >= 0.6 is 15.9 Å². The Kier molecular flexibility index (Phi) is 3.84. The van der Waals surface area contributed by atoms with Gasteiger partial charge in [-0.1, -0.05) is 34.1 Å². The summed E-state index contributed by atoms with van der Waals surface area (Å²) in [5.41, 5.74) is 1.47. The zero-order chi connectivity index (χ0) is 12.3. The number of likely N-dealkylation sites (N-methyl/N-ethyl adjacent to an activating group) is 1. The first kappa shape index (κ1) is 12.6. The normalized spacial score (nSPS) is 16.6. The lowest BCUT2D eigenvalue weighted by molar-refractivity contribution is -0.120. The minimum Gasteiger partial charge on any atom is -0.354 e. The molecule has 92 valence electrons. The lowest BCUT2D eigenvalue weighted by Gasteiger charge is -2.18. The van der Waals surface area contributed by atoms with Gasteiger partial charge in [-0.25, -0.2) is 0 Å². The fourth-order valence-electron chi connectivity index (χ4n) is 2.07. The van der Waals surface area contributed by atoms with E-state index in [2.05, 4.69) is 44.8 Å². The second-order valence-electron chi connectivity index (χ2n) is 4.57. The molecule has 0 saturated heterocycles. The molecule has 1 fully saturated rings. The van der Waals surface area contributed by atoms with Crippen molar-refractivity contribution in [3.63, 3.8) is 0 Å². The van der Waals surface area contributed by atoms with Crippen molar-refractivity contribution >= 4 is 21.8 Å². The van der Waals surface area contributed by atoms with Crippen LogP contribution in [0, 0.1) is 0 Å². The van der Waals surface area contributed by atoms with Gasteiger partial charge in [0.15, 0.2) is 0 Å². The lowest BCUT2D eigenvalue weighted by atomic mass is 9.96. The van der Waals surface area contributed by atoms with Crippen LogP contribution in [0.5, 0.6) is 0 Å². The maximum Gasteiger partial charge on any atom is 0.233 e. The first-order valence-electron chi connectivity index (χ1n) is 5.84. The predicted octanol–water partition coefficient (Wildman–Crippen LogP) is 1.82. The van der Waals surface area contributed by atoms with E-state index in [1.807, 2.05) is 6.07 Å². The average molecular weight is 297 g/mol. The number of halogens is 1. The monoisotopic (exact) mass is 296 g/mol. The number of carbonyl (C=O) groups is 1. The number of hydrogen-bond acceptors (Lipinski definition) is 2. The maximum atomic E-state index is 11.4. The smallest absolute Gasteiger partial charge is 0.233 e. The van der Waals surface area contributed by atoms with Crippen molar-refractivity contribution < 1.29 is 4.79 Å². The lowest BCUT2D eigenvalue weighted by Crippen LogP contribution is -2.37. The molecule has 1 aromatic rings. The summed E-state index contributed by atoms with van der Waals surface area (Å²) < 4.78 is 1.14. The summed E-state index contributed by atoms with van der Waals surface area (Å²) >= 11 is 3.58. The number of hydrogen-bond donors (Lipinski definition) is 2. The van der Waals surface area contributed by atoms with E-state index in [9.17, 15) is 4.79 Å². The van der Waals surface area contributed by atoms with Crippen molar-refractivity contribution in [1.29, 1.82) is 0 Å². The summed E-state index contributed by atoms with van der Waals surface area (Å²) in [6.45, 7) is 1.11. The third-order valence-corrected chi connectivity index (χ3v) is 3.95. The average Bonchev–Trinajstić information content (AvgIpc) is 3.09. The van der Waals surface area contributed by atoms with Crippen molar-refractivity contribution in [2.45, 2.75) is 18.3 Å². The Morgan fingerprint density at radius 2 is 2.12 bits per heavy atom. The van der Waals surface area contributed by atoms with E-state index in [0.717, 1.165) is 23.9 Å². The van der Waals surface area contributed by atoms with E-state index in [-0.39, 0.29) is 11.3 Å². The van der Waals surface area contributed by atoms with Crippen LogP contribution in [0.25, 0.3) is 0 Å². The molecule has 0 unspecified atom stereocenters. The summed E-state index contributed by atoms with van der Waals surface area (Å²) in [7, 11) is 1.78. The highest BCUT2D eigenvalue weighted by molar-refractivity contribution is 9.10. The molecule has 2 rings (SSSR count). The molecule has 0 atom stereocenters. The van der Waals surface area contributed by atoms with Gasteiger partial charge in [0.25, 0.3) is 0 Å². The van der Waals surface area contributed by atoms with E-state index < -0.39 is 0 Å². The third kappa shape index (κ3) is 2.87. The van der Waals surface area contributed by atoms with Gasteiger partial charge in [-0.15, -0.1) is 0 Å². The first-order chi connectivity index (χ1) is 8.18. The highest BCUT2D eigenvalue weighted by Crippen LogP contribution is 2.49. The van der Waals surface area contributed by atoms with Crippen molar-refractivity contribution in [2.24, 2.45) is 0 Å². The molecule has 0 aromatic heterocycles. The molecule has 2 N–H and O–H groups in total. The minimum atomic E-state index is 0.0610. The zero-order valence-corrected chi connectivity index (χ0v) is 11.5. The van der Waals surface area contributed by atoms with Gasteiger partial charge in [0.2, 0.25) is 5.91 Å². The minimum absolute atomic E-state index is 0.0610. The molecule has 0 spiro atoms. The quantitative estimate of drug-likeness (QED) is 0.870. The molecular weight excluding hydrogens is 280 g/mol. The van der Waals surface area contributed by atoms with Gasteiger partial charge in [0.1, 0.15) is 0 Å². The van der Waals surface area contributed by atoms with E-state index >= 15 is 0 Å². The van der Waals surface area contributed by atoms with Crippen molar-refractivity contribution in [2.75, 3.05) is 20.1 Å². The van der Waals surface area contributed by atoms with Crippen molar-refractivity contribution in [3.05, 3.63) is 34.3 Å². The molecule has 0 bridgehead atoms. The van der Waals surface area contributed by atoms with Crippen LogP contribution in [-0.4, -0.2) is 26.0 Å². The highest BCUT2D eigenvalue weighted by atomic mass is 79.9. The second-order valence-corrected chi connectivity index (χ2v) is 5.42. The molecule has 1 amide bonds. The van der Waals surface area contributed by atoms with Gasteiger partial charge in [-0.2, -0.15) is 0 Å². The van der Waals surface area contributed by atoms with Crippen LogP contribution in [0.2, 0.25) is 0 Å². The molecule has 1 aliphatic carbocycles. The van der Waals surface area contributed by atoms with Crippen LogP contribution in [0.4, 0.5) is 0 Å². The van der Waals surface area contributed by atoms with Crippen LogP contribution < -0.4 is 10.6 Å². The SMILES string of the molecule is CNCC(=O)NCC1(c2ccccc2Br)CC1. The van der Waals surface area contributed by atoms with Gasteiger partial charge in [0, 0.05) is 16.4 Å². The Morgan fingerprint density at radius 3 is 2.71 bits per heavy atom. The molecule has 17 heavy (non-hydrogen) atoms. The number of amides is 1.